The monoisotopic (exact) mass is 222 g/mol. The Morgan fingerprint density at radius 1 is 1.31 bits per heavy atom. The lowest BCUT2D eigenvalue weighted by Crippen LogP contribution is -2.31. The molecule has 0 aliphatic carbocycles. The van der Waals surface area contributed by atoms with Gasteiger partial charge in [0.05, 0.1) is 0 Å². The molecule has 1 aromatic heterocycles. The first-order chi connectivity index (χ1) is 7.30. The van der Waals surface area contributed by atoms with Crippen molar-refractivity contribution in [3.63, 3.8) is 0 Å². The van der Waals surface area contributed by atoms with Crippen LogP contribution in [-0.2, 0) is 0 Å². The van der Waals surface area contributed by atoms with E-state index in [9.17, 15) is 0 Å². The zero-order valence-electron chi connectivity index (χ0n) is 11.1. The van der Waals surface area contributed by atoms with Crippen molar-refractivity contribution in [2.45, 2.75) is 33.7 Å². The maximum atomic E-state index is 4.43. The van der Waals surface area contributed by atoms with Gasteiger partial charge in [0.15, 0.2) is 0 Å². The number of rotatable bonds is 3. The minimum atomic E-state index is 0.212. The van der Waals surface area contributed by atoms with Crippen molar-refractivity contribution in [1.82, 2.24) is 9.97 Å². The highest BCUT2D eigenvalue weighted by Gasteiger charge is 2.20. The average molecular weight is 222 g/mol. The lowest BCUT2D eigenvalue weighted by atomic mass is 9.88. The standard InChI is InChI=1S/C12H22N4/c1-9(12(2,3)4)14-10-7-8-13-11(15-10)16(5)6/h7-9H,1-6H3,(H,13,14,15). The van der Waals surface area contributed by atoms with Crippen molar-refractivity contribution in [3.05, 3.63) is 12.3 Å². The van der Waals surface area contributed by atoms with Crippen LogP contribution >= 0.6 is 0 Å². The summed E-state index contributed by atoms with van der Waals surface area (Å²) in [6.45, 7) is 8.79. The van der Waals surface area contributed by atoms with Gasteiger partial charge in [-0.05, 0) is 18.4 Å². The van der Waals surface area contributed by atoms with Crippen molar-refractivity contribution >= 4 is 11.8 Å². The number of nitrogens with zero attached hydrogens (tertiary/aromatic N) is 3. The van der Waals surface area contributed by atoms with Crippen LogP contribution in [0.2, 0.25) is 0 Å². The molecule has 1 atom stereocenters. The summed E-state index contributed by atoms with van der Waals surface area (Å²) in [7, 11) is 3.87. The first-order valence-electron chi connectivity index (χ1n) is 5.57. The van der Waals surface area contributed by atoms with Gasteiger partial charge in [-0.2, -0.15) is 4.98 Å². The Balaban J connectivity index is 2.78. The van der Waals surface area contributed by atoms with Gasteiger partial charge in [-0.1, -0.05) is 20.8 Å². The molecule has 0 saturated heterocycles. The number of anilines is 2. The van der Waals surface area contributed by atoms with Gasteiger partial charge < -0.3 is 10.2 Å². The molecule has 0 fully saturated rings. The van der Waals surface area contributed by atoms with Gasteiger partial charge in [-0.25, -0.2) is 4.98 Å². The highest BCUT2D eigenvalue weighted by molar-refractivity contribution is 5.41. The van der Waals surface area contributed by atoms with Gasteiger partial charge in [0.1, 0.15) is 5.82 Å². The molecule has 0 amide bonds. The van der Waals surface area contributed by atoms with E-state index in [1.165, 1.54) is 0 Å². The van der Waals surface area contributed by atoms with Crippen LogP contribution in [0.3, 0.4) is 0 Å². The molecule has 16 heavy (non-hydrogen) atoms. The second kappa shape index (κ2) is 4.68. The third-order valence-corrected chi connectivity index (χ3v) is 2.71. The van der Waals surface area contributed by atoms with E-state index in [0.29, 0.717) is 6.04 Å². The molecule has 1 heterocycles. The van der Waals surface area contributed by atoms with E-state index in [0.717, 1.165) is 11.8 Å². The Labute approximate surface area is 98.1 Å². The molecule has 1 N–H and O–H groups in total. The smallest absolute Gasteiger partial charge is 0.226 e. The molecule has 0 saturated carbocycles. The van der Waals surface area contributed by atoms with E-state index in [1.54, 1.807) is 6.20 Å². The van der Waals surface area contributed by atoms with Gasteiger partial charge in [-0.3, -0.25) is 0 Å². The van der Waals surface area contributed by atoms with Gasteiger partial charge in [0, 0.05) is 26.3 Å². The lowest BCUT2D eigenvalue weighted by Gasteiger charge is -2.28. The minimum Gasteiger partial charge on any atom is -0.367 e. The summed E-state index contributed by atoms with van der Waals surface area (Å²) < 4.78 is 0. The van der Waals surface area contributed by atoms with Gasteiger partial charge in [0.25, 0.3) is 0 Å². The van der Waals surface area contributed by atoms with Crippen molar-refractivity contribution in [2.24, 2.45) is 5.41 Å². The second-order valence-corrected chi connectivity index (χ2v) is 5.37. The third-order valence-electron chi connectivity index (χ3n) is 2.71. The Kier molecular flexibility index (Phi) is 3.73. The fourth-order valence-electron chi connectivity index (χ4n) is 1.08. The van der Waals surface area contributed by atoms with Crippen molar-refractivity contribution in [2.75, 3.05) is 24.3 Å². The number of aromatic nitrogens is 2. The van der Waals surface area contributed by atoms with E-state index < -0.39 is 0 Å². The van der Waals surface area contributed by atoms with Crippen LogP contribution < -0.4 is 10.2 Å². The maximum absolute atomic E-state index is 4.43. The largest absolute Gasteiger partial charge is 0.367 e. The Morgan fingerprint density at radius 2 is 1.94 bits per heavy atom. The van der Waals surface area contributed by atoms with Gasteiger partial charge in [-0.15, -0.1) is 0 Å². The normalized spacial score (nSPS) is 13.4. The maximum Gasteiger partial charge on any atom is 0.226 e. The summed E-state index contributed by atoms with van der Waals surface area (Å²) in [5.41, 5.74) is 0.212. The Morgan fingerprint density at radius 3 is 2.44 bits per heavy atom. The first kappa shape index (κ1) is 12.7. The summed E-state index contributed by atoms with van der Waals surface area (Å²) in [5, 5.41) is 3.40. The van der Waals surface area contributed by atoms with Crippen molar-refractivity contribution in [3.8, 4) is 0 Å². The van der Waals surface area contributed by atoms with Crippen LogP contribution in [0.4, 0.5) is 11.8 Å². The second-order valence-electron chi connectivity index (χ2n) is 5.37. The fourth-order valence-corrected chi connectivity index (χ4v) is 1.08. The van der Waals surface area contributed by atoms with Crippen LogP contribution in [0.15, 0.2) is 12.3 Å². The Hall–Kier alpha value is -1.32. The summed E-state index contributed by atoms with van der Waals surface area (Å²) >= 11 is 0. The van der Waals surface area contributed by atoms with Crippen LogP contribution in [0.1, 0.15) is 27.7 Å². The topological polar surface area (TPSA) is 41.1 Å². The van der Waals surface area contributed by atoms with E-state index >= 15 is 0 Å². The molecule has 1 aromatic rings. The summed E-state index contributed by atoms with van der Waals surface area (Å²) in [6.07, 6.45) is 1.78. The average Bonchev–Trinajstić information content (AvgIpc) is 2.16. The van der Waals surface area contributed by atoms with Crippen molar-refractivity contribution < 1.29 is 0 Å². The third kappa shape index (κ3) is 3.36. The van der Waals surface area contributed by atoms with Gasteiger partial charge >= 0.3 is 0 Å². The van der Waals surface area contributed by atoms with Crippen LogP contribution in [0.25, 0.3) is 0 Å². The highest BCUT2D eigenvalue weighted by Crippen LogP contribution is 2.22. The lowest BCUT2D eigenvalue weighted by molar-refractivity contribution is 0.358. The molecule has 0 aromatic carbocycles. The molecule has 0 spiro atoms. The molecular weight excluding hydrogens is 200 g/mol. The van der Waals surface area contributed by atoms with E-state index in [4.69, 9.17) is 0 Å². The zero-order chi connectivity index (χ0) is 12.3. The Bertz CT molecular complexity index is 341. The molecule has 1 rings (SSSR count). The van der Waals surface area contributed by atoms with Crippen LogP contribution in [0.5, 0.6) is 0 Å². The highest BCUT2D eigenvalue weighted by atomic mass is 15.2. The summed E-state index contributed by atoms with van der Waals surface area (Å²) in [4.78, 5) is 10.5. The van der Waals surface area contributed by atoms with E-state index in [2.05, 4.69) is 43.0 Å². The van der Waals surface area contributed by atoms with Crippen LogP contribution in [0, 0.1) is 5.41 Å². The molecule has 0 bridgehead atoms. The minimum absolute atomic E-state index is 0.212. The zero-order valence-corrected chi connectivity index (χ0v) is 11.1. The van der Waals surface area contributed by atoms with Gasteiger partial charge in [0.2, 0.25) is 5.95 Å². The van der Waals surface area contributed by atoms with Crippen molar-refractivity contribution in [1.29, 1.82) is 0 Å². The fraction of sp³-hybridized carbons (Fsp3) is 0.667. The summed E-state index contributed by atoms with van der Waals surface area (Å²) in [6, 6.07) is 2.26. The molecule has 1 unspecified atom stereocenters. The van der Waals surface area contributed by atoms with E-state index in [-0.39, 0.29) is 5.41 Å². The van der Waals surface area contributed by atoms with E-state index in [1.807, 2.05) is 25.1 Å². The molecule has 4 nitrogen and oxygen atoms in total. The number of hydrogen-bond acceptors (Lipinski definition) is 4. The molecule has 0 aliphatic heterocycles. The molecule has 0 radical (unpaired) electrons. The summed E-state index contributed by atoms with van der Waals surface area (Å²) in [5.74, 6) is 1.60. The van der Waals surface area contributed by atoms with Crippen LogP contribution in [-0.4, -0.2) is 30.1 Å². The SMILES string of the molecule is CC(Nc1ccnc(N(C)C)n1)C(C)(C)C. The number of nitrogens with one attached hydrogen (secondary N) is 1. The molecule has 90 valence electrons. The predicted octanol–water partition coefficient (Wildman–Crippen LogP) is 2.39. The first-order valence-corrected chi connectivity index (χ1v) is 5.57. The quantitative estimate of drug-likeness (QED) is 0.852. The predicted molar refractivity (Wildman–Crippen MR) is 68.9 cm³/mol. The number of hydrogen-bond donors (Lipinski definition) is 1. The molecule has 0 aliphatic rings. The molecule has 4 heteroatoms. The molecular formula is C12H22N4.